The molecule has 0 aliphatic rings. The van der Waals surface area contributed by atoms with E-state index in [4.69, 9.17) is 4.52 Å². The van der Waals surface area contributed by atoms with Crippen molar-refractivity contribution in [2.75, 3.05) is 0 Å². The van der Waals surface area contributed by atoms with Gasteiger partial charge in [-0.2, -0.15) is 21.4 Å². The van der Waals surface area contributed by atoms with Crippen LogP contribution in [0.25, 0.3) is 28.1 Å². The zero-order chi connectivity index (χ0) is 20.0. The molecular formula is C20H16N6O2S. The average molecular weight is 404 g/mol. The molecular weight excluding hydrogens is 388 g/mol. The van der Waals surface area contributed by atoms with E-state index in [2.05, 4.69) is 26.3 Å². The molecule has 0 aliphatic carbocycles. The molecule has 0 aliphatic heterocycles. The van der Waals surface area contributed by atoms with Crippen molar-refractivity contribution in [3.05, 3.63) is 74.9 Å². The number of thiophene rings is 1. The first-order valence-electron chi connectivity index (χ1n) is 8.95. The maximum Gasteiger partial charge on any atom is 0.264 e. The second kappa shape index (κ2) is 6.78. The van der Waals surface area contributed by atoms with Gasteiger partial charge in [-0.25, -0.2) is 9.67 Å². The maximum absolute atomic E-state index is 12.9. The van der Waals surface area contributed by atoms with Gasteiger partial charge in [-0.1, -0.05) is 11.2 Å². The van der Waals surface area contributed by atoms with Gasteiger partial charge in [-0.15, -0.1) is 0 Å². The standard InChI is InChI=1S/C20H16N6O2S/c1-12-5-13(2)7-15(6-12)26-19-16(8-22-26)20(27)25(11-21-19)9-17-23-18(24-28-17)14-3-4-29-10-14/h3-8,10-11H,9H2,1-2H3. The molecule has 4 aromatic heterocycles. The first-order chi connectivity index (χ1) is 14.1. The van der Waals surface area contributed by atoms with Crippen LogP contribution >= 0.6 is 11.3 Å². The average Bonchev–Trinajstić information content (AvgIpc) is 3.43. The predicted molar refractivity (Wildman–Crippen MR) is 109 cm³/mol. The second-order valence-electron chi connectivity index (χ2n) is 6.84. The number of benzene rings is 1. The van der Waals surface area contributed by atoms with E-state index in [0.717, 1.165) is 22.4 Å². The van der Waals surface area contributed by atoms with Gasteiger partial charge >= 0.3 is 0 Å². The summed E-state index contributed by atoms with van der Waals surface area (Å²) in [5.41, 5.74) is 4.31. The van der Waals surface area contributed by atoms with Crippen molar-refractivity contribution < 1.29 is 4.52 Å². The van der Waals surface area contributed by atoms with Crippen molar-refractivity contribution in [3.63, 3.8) is 0 Å². The molecule has 0 spiro atoms. The van der Waals surface area contributed by atoms with Crippen molar-refractivity contribution in [2.24, 2.45) is 0 Å². The summed E-state index contributed by atoms with van der Waals surface area (Å²) in [6.45, 7) is 4.20. The summed E-state index contributed by atoms with van der Waals surface area (Å²) in [4.78, 5) is 21.8. The molecule has 0 N–H and O–H groups in total. The van der Waals surface area contributed by atoms with Gasteiger partial charge in [-0.3, -0.25) is 9.36 Å². The topological polar surface area (TPSA) is 91.6 Å². The minimum atomic E-state index is -0.207. The summed E-state index contributed by atoms with van der Waals surface area (Å²) in [6.07, 6.45) is 3.03. The Balaban J connectivity index is 1.51. The molecule has 0 saturated heterocycles. The highest BCUT2D eigenvalue weighted by atomic mass is 32.1. The van der Waals surface area contributed by atoms with E-state index < -0.39 is 0 Å². The van der Waals surface area contributed by atoms with Crippen molar-refractivity contribution in [2.45, 2.75) is 20.4 Å². The van der Waals surface area contributed by atoms with E-state index in [1.54, 1.807) is 22.2 Å². The van der Waals surface area contributed by atoms with Crippen LogP contribution in [-0.2, 0) is 6.54 Å². The highest BCUT2D eigenvalue weighted by molar-refractivity contribution is 7.08. The van der Waals surface area contributed by atoms with Crippen molar-refractivity contribution in [1.29, 1.82) is 0 Å². The van der Waals surface area contributed by atoms with E-state index in [9.17, 15) is 4.79 Å². The van der Waals surface area contributed by atoms with Crippen LogP contribution in [0.2, 0.25) is 0 Å². The molecule has 0 saturated carbocycles. The molecule has 0 fully saturated rings. The summed E-state index contributed by atoms with van der Waals surface area (Å²) in [7, 11) is 0. The Labute approximate surface area is 169 Å². The van der Waals surface area contributed by atoms with Crippen LogP contribution in [0.1, 0.15) is 17.0 Å². The van der Waals surface area contributed by atoms with Gasteiger partial charge in [0.15, 0.2) is 5.65 Å². The van der Waals surface area contributed by atoms with Crippen LogP contribution in [0, 0.1) is 13.8 Å². The lowest BCUT2D eigenvalue weighted by Gasteiger charge is -2.06. The summed E-state index contributed by atoms with van der Waals surface area (Å²) >= 11 is 1.56. The second-order valence-corrected chi connectivity index (χ2v) is 7.62. The quantitative estimate of drug-likeness (QED) is 0.456. The Morgan fingerprint density at radius 1 is 1.17 bits per heavy atom. The number of fused-ring (bicyclic) bond motifs is 1. The van der Waals surface area contributed by atoms with Gasteiger partial charge in [-0.05, 0) is 48.6 Å². The SMILES string of the molecule is Cc1cc(C)cc(-n2ncc3c(=O)n(Cc4nc(-c5ccsc5)no4)cnc32)c1. The molecule has 0 unspecified atom stereocenters. The largest absolute Gasteiger partial charge is 0.337 e. The van der Waals surface area contributed by atoms with E-state index >= 15 is 0 Å². The Kier molecular flexibility index (Phi) is 4.09. The van der Waals surface area contributed by atoms with Gasteiger partial charge < -0.3 is 4.52 Å². The number of hydrogen-bond donors (Lipinski definition) is 0. The highest BCUT2D eigenvalue weighted by Crippen LogP contribution is 2.19. The Morgan fingerprint density at radius 3 is 2.76 bits per heavy atom. The maximum atomic E-state index is 12.9. The van der Waals surface area contributed by atoms with Crippen LogP contribution in [-0.4, -0.2) is 29.5 Å². The molecule has 0 bridgehead atoms. The van der Waals surface area contributed by atoms with E-state index in [1.165, 1.54) is 10.9 Å². The molecule has 1 aromatic carbocycles. The number of hydrogen-bond acceptors (Lipinski definition) is 7. The van der Waals surface area contributed by atoms with Crippen LogP contribution in [0.15, 0.2) is 56.9 Å². The third-order valence-corrected chi connectivity index (χ3v) is 5.24. The van der Waals surface area contributed by atoms with Crippen molar-refractivity contribution in [1.82, 2.24) is 29.5 Å². The fraction of sp³-hybridized carbons (Fsp3) is 0.150. The monoisotopic (exact) mass is 404 g/mol. The Morgan fingerprint density at radius 2 is 2.00 bits per heavy atom. The first kappa shape index (κ1) is 17.5. The van der Waals surface area contributed by atoms with Gasteiger partial charge in [0.2, 0.25) is 11.7 Å². The number of aromatic nitrogens is 6. The fourth-order valence-electron chi connectivity index (χ4n) is 3.30. The lowest BCUT2D eigenvalue weighted by molar-refractivity contribution is 0.369. The zero-order valence-electron chi connectivity index (χ0n) is 15.7. The molecule has 0 amide bonds. The molecule has 0 atom stereocenters. The number of nitrogens with zero attached hydrogens (tertiary/aromatic N) is 6. The van der Waals surface area contributed by atoms with Crippen molar-refractivity contribution >= 4 is 22.4 Å². The Hall–Kier alpha value is -3.59. The van der Waals surface area contributed by atoms with Crippen LogP contribution in [0.5, 0.6) is 0 Å². The van der Waals surface area contributed by atoms with E-state index in [1.807, 2.05) is 42.8 Å². The summed E-state index contributed by atoms with van der Waals surface area (Å²) in [5.74, 6) is 0.849. The highest BCUT2D eigenvalue weighted by Gasteiger charge is 2.15. The molecule has 144 valence electrons. The van der Waals surface area contributed by atoms with Crippen LogP contribution in [0.4, 0.5) is 0 Å². The van der Waals surface area contributed by atoms with E-state index in [0.29, 0.717) is 22.7 Å². The number of aryl methyl sites for hydroxylation is 2. The third kappa shape index (κ3) is 3.15. The summed E-state index contributed by atoms with van der Waals surface area (Å²) in [5, 5.41) is 12.7. The zero-order valence-corrected chi connectivity index (χ0v) is 16.6. The minimum absolute atomic E-state index is 0.146. The number of rotatable bonds is 4. The van der Waals surface area contributed by atoms with Gasteiger partial charge in [0, 0.05) is 10.9 Å². The van der Waals surface area contributed by atoms with Crippen LogP contribution < -0.4 is 5.56 Å². The lowest BCUT2D eigenvalue weighted by atomic mass is 10.1. The molecule has 5 rings (SSSR count). The minimum Gasteiger partial charge on any atom is -0.337 e. The van der Waals surface area contributed by atoms with Gasteiger partial charge in [0.1, 0.15) is 18.3 Å². The molecule has 29 heavy (non-hydrogen) atoms. The fourth-order valence-corrected chi connectivity index (χ4v) is 3.93. The molecule has 0 radical (unpaired) electrons. The smallest absolute Gasteiger partial charge is 0.264 e. The van der Waals surface area contributed by atoms with Crippen LogP contribution in [0.3, 0.4) is 0 Å². The third-order valence-electron chi connectivity index (χ3n) is 4.56. The molecule has 9 heteroatoms. The van der Waals surface area contributed by atoms with E-state index in [-0.39, 0.29) is 12.1 Å². The Bertz CT molecular complexity index is 1360. The molecule has 4 heterocycles. The normalized spacial score (nSPS) is 11.4. The van der Waals surface area contributed by atoms with Gasteiger partial charge in [0.25, 0.3) is 5.56 Å². The predicted octanol–water partition coefficient (Wildman–Crippen LogP) is 3.36. The molecule has 5 aromatic rings. The molecule has 8 nitrogen and oxygen atoms in total. The summed E-state index contributed by atoms with van der Waals surface area (Å²) < 4.78 is 8.42. The lowest BCUT2D eigenvalue weighted by Crippen LogP contribution is -2.21. The first-order valence-corrected chi connectivity index (χ1v) is 9.90. The van der Waals surface area contributed by atoms with Gasteiger partial charge in [0.05, 0.1) is 11.9 Å². The van der Waals surface area contributed by atoms with Crippen molar-refractivity contribution in [3.8, 4) is 17.1 Å². The summed E-state index contributed by atoms with van der Waals surface area (Å²) in [6, 6.07) is 8.03.